The van der Waals surface area contributed by atoms with Gasteiger partial charge in [0.25, 0.3) is 5.69 Å². The van der Waals surface area contributed by atoms with E-state index in [0.29, 0.717) is 31.6 Å². The Morgan fingerprint density at radius 1 is 1.12 bits per heavy atom. The zero-order valence-electron chi connectivity index (χ0n) is 14.9. The minimum atomic E-state index is -0.475. The summed E-state index contributed by atoms with van der Waals surface area (Å²) in [6.07, 6.45) is 3.35. The van der Waals surface area contributed by atoms with Gasteiger partial charge in [-0.25, -0.2) is 4.79 Å². The van der Waals surface area contributed by atoms with Crippen molar-refractivity contribution in [1.82, 2.24) is 9.80 Å². The van der Waals surface area contributed by atoms with Crippen LogP contribution in [0.4, 0.5) is 16.2 Å². The summed E-state index contributed by atoms with van der Waals surface area (Å²) in [7, 11) is 0. The largest absolute Gasteiger partial charge is 0.325 e. The number of nitro benzene ring substituents is 1. The number of benzene rings is 1. The number of likely N-dealkylation sites (tertiary alicyclic amines) is 2. The van der Waals surface area contributed by atoms with E-state index in [2.05, 4.69) is 5.32 Å². The number of amides is 3. The van der Waals surface area contributed by atoms with Crippen LogP contribution in [-0.2, 0) is 4.79 Å². The summed E-state index contributed by atoms with van der Waals surface area (Å²) >= 11 is 0. The predicted molar refractivity (Wildman–Crippen MR) is 97.0 cm³/mol. The normalized spacial score (nSPS) is 18.0. The third-order valence-corrected chi connectivity index (χ3v) is 5.20. The number of non-ortho nitro benzene ring substituents is 1. The predicted octanol–water partition coefficient (Wildman–Crippen LogP) is 2.77. The van der Waals surface area contributed by atoms with Crippen LogP contribution in [0.1, 0.15) is 31.2 Å². The number of carbonyl (C=O) groups is 2. The molecule has 2 heterocycles. The number of carbonyl (C=O) groups excluding carboxylic acids is 2. The van der Waals surface area contributed by atoms with Gasteiger partial charge in [0.15, 0.2) is 0 Å². The first-order valence-corrected chi connectivity index (χ1v) is 9.05. The van der Waals surface area contributed by atoms with Crippen LogP contribution in [-0.4, -0.2) is 52.8 Å². The second-order valence-electron chi connectivity index (χ2n) is 6.98. The zero-order chi connectivity index (χ0) is 18.7. The van der Waals surface area contributed by atoms with Crippen molar-refractivity contribution in [2.24, 2.45) is 5.92 Å². The highest BCUT2D eigenvalue weighted by Crippen LogP contribution is 2.25. The number of urea groups is 1. The van der Waals surface area contributed by atoms with Crippen LogP contribution in [0.5, 0.6) is 0 Å². The molecule has 140 valence electrons. The molecule has 2 aliphatic rings. The molecule has 0 aromatic heterocycles. The van der Waals surface area contributed by atoms with Crippen LogP contribution in [0.3, 0.4) is 0 Å². The van der Waals surface area contributed by atoms with Gasteiger partial charge in [-0.3, -0.25) is 14.9 Å². The standard InChI is InChI=1S/C18H24N4O4/c1-13-4-5-15(22(25)26)12-16(13)19-17(23)14-6-10-21(11-7-14)18(24)20-8-2-3-9-20/h4-5,12,14H,2-3,6-11H2,1H3,(H,19,23). The highest BCUT2D eigenvalue weighted by Gasteiger charge is 2.30. The Labute approximate surface area is 152 Å². The third-order valence-electron chi connectivity index (χ3n) is 5.20. The van der Waals surface area contributed by atoms with Gasteiger partial charge < -0.3 is 15.1 Å². The number of hydrogen-bond donors (Lipinski definition) is 1. The molecular weight excluding hydrogens is 336 g/mol. The molecule has 2 saturated heterocycles. The lowest BCUT2D eigenvalue weighted by molar-refractivity contribution is -0.384. The molecule has 0 saturated carbocycles. The third kappa shape index (κ3) is 3.95. The highest BCUT2D eigenvalue weighted by atomic mass is 16.6. The molecule has 0 atom stereocenters. The number of piperidine rings is 1. The molecule has 0 radical (unpaired) electrons. The summed E-state index contributed by atoms with van der Waals surface area (Å²) in [6.45, 7) is 4.59. The van der Waals surface area contributed by atoms with E-state index < -0.39 is 4.92 Å². The zero-order valence-corrected chi connectivity index (χ0v) is 14.9. The molecule has 8 heteroatoms. The fourth-order valence-corrected chi connectivity index (χ4v) is 3.53. The fourth-order valence-electron chi connectivity index (χ4n) is 3.53. The maximum Gasteiger partial charge on any atom is 0.319 e. The van der Waals surface area contributed by atoms with E-state index in [4.69, 9.17) is 0 Å². The van der Waals surface area contributed by atoms with Crippen molar-refractivity contribution in [3.8, 4) is 0 Å². The molecule has 1 aromatic carbocycles. The van der Waals surface area contributed by atoms with E-state index in [-0.39, 0.29) is 23.5 Å². The van der Waals surface area contributed by atoms with Gasteiger partial charge in [-0.2, -0.15) is 0 Å². The number of nitrogens with zero attached hydrogens (tertiary/aromatic N) is 3. The Morgan fingerprint density at radius 2 is 1.73 bits per heavy atom. The average molecular weight is 360 g/mol. The van der Waals surface area contributed by atoms with Gasteiger partial charge in [-0.05, 0) is 38.2 Å². The Morgan fingerprint density at radius 3 is 2.35 bits per heavy atom. The second-order valence-corrected chi connectivity index (χ2v) is 6.98. The SMILES string of the molecule is Cc1ccc([N+](=O)[O-])cc1NC(=O)C1CCN(C(=O)N2CCCC2)CC1. The molecule has 3 rings (SSSR count). The highest BCUT2D eigenvalue weighted by molar-refractivity contribution is 5.93. The topological polar surface area (TPSA) is 95.8 Å². The van der Waals surface area contributed by atoms with E-state index >= 15 is 0 Å². The molecule has 1 aromatic rings. The summed E-state index contributed by atoms with van der Waals surface area (Å²) in [4.78, 5) is 39.1. The number of nitrogens with one attached hydrogen (secondary N) is 1. The molecule has 0 spiro atoms. The quantitative estimate of drug-likeness (QED) is 0.662. The summed E-state index contributed by atoms with van der Waals surface area (Å²) in [5, 5.41) is 13.7. The number of anilines is 1. The van der Waals surface area contributed by atoms with Gasteiger partial charge in [0.05, 0.1) is 10.6 Å². The Hall–Kier alpha value is -2.64. The summed E-state index contributed by atoms with van der Waals surface area (Å²) < 4.78 is 0. The van der Waals surface area contributed by atoms with Crippen LogP contribution < -0.4 is 5.32 Å². The monoisotopic (exact) mass is 360 g/mol. The molecule has 0 bridgehead atoms. The Kier molecular flexibility index (Phi) is 5.39. The van der Waals surface area contributed by atoms with E-state index in [9.17, 15) is 19.7 Å². The van der Waals surface area contributed by atoms with Crippen LogP contribution in [0.15, 0.2) is 18.2 Å². The van der Waals surface area contributed by atoms with Crippen molar-refractivity contribution in [3.63, 3.8) is 0 Å². The van der Waals surface area contributed by atoms with Gasteiger partial charge in [0.2, 0.25) is 5.91 Å². The van der Waals surface area contributed by atoms with Crippen molar-refractivity contribution in [1.29, 1.82) is 0 Å². The van der Waals surface area contributed by atoms with Crippen molar-refractivity contribution in [2.45, 2.75) is 32.6 Å². The van der Waals surface area contributed by atoms with E-state index in [1.165, 1.54) is 12.1 Å². The van der Waals surface area contributed by atoms with Crippen LogP contribution in [0, 0.1) is 23.0 Å². The lowest BCUT2D eigenvalue weighted by Crippen LogP contribution is -2.47. The average Bonchev–Trinajstić information content (AvgIpc) is 3.17. The summed E-state index contributed by atoms with van der Waals surface area (Å²) in [5.41, 5.74) is 1.21. The van der Waals surface area contributed by atoms with Crippen molar-refractivity contribution in [2.75, 3.05) is 31.5 Å². The first-order valence-electron chi connectivity index (χ1n) is 9.05. The maximum atomic E-state index is 12.5. The van der Waals surface area contributed by atoms with Gasteiger partial charge in [-0.1, -0.05) is 6.07 Å². The van der Waals surface area contributed by atoms with Crippen molar-refractivity contribution >= 4 is 23.3 Å². The molecule has 8 nitrogen and oxygen atoms in total. The molecule has 3 amide bonds. The number of aryl methyl sites for hydroxylation is 1. The van der Waals surface area contributed by atoms with Crippen LogP contribution in [0.2, 0.25) is 0 Å². The van der Waals surface area contributed by atoms with Crippen molar-refractivity contribution in [3.05, 3.63) is 33.9 Å². The first kappa shape index (κ1) is 18.2. The molecular formula is C18H24N4O4. The summed E-state index contributed by atoms with van der Waals surface area (Å²) in [5.74, 6) is -0.321. The van der Waals surface area contributed by atoms with Gasteiger partial charge in [0, 0.05) is 44.2 Å². The lowest BCUT2D eigenvalue weighted by atomic mass is 9.96. The fraction of sp³-hybridized carbons (Fsp3) is 0.556. The maximum absolute atomic E-state index is 12.5. The smallest absolute Gasteiger partial charge is 0.319 e. The van der Waals surface area contributed by atoms with Crippen LogP contribution >= 0.6 is 0 Å². The van der Waals surface area contributed by atoms with Crippen molar-refractivity contribution < 1.29 is 14.5 Å². The number of rotatable bonds is 3. The van der Waals surface area contributed by atoms with Gasteiger partial charge >= 0.3 is 6.03 Å². The molecule has 2 aliphatic heterocycles. The molecule has 0 aliphatic carbocycles. The number of hydrogen-bond acceptors (Lipinski definition) is 4. The van der Waals surface area contributed by atoms with E-state index in [1.54, 1.807) is 13.0 Å². The Bertz CT molecular complexity index is 707. The van der Waals surface area contributed by atoms with Crippen LogP contribution in [0.25, 0.3) is 0 Å². The molecule has 2 fully saturated rings. The van der Waals surface area contributed by atoms with E-state index in [1.807, 2.05) is 9.80 Å². The molecule has 26 heavy (non-hydrogen) atoms. The number of nitro groups is 1. The first-order chi connectivity index (χ1) is 12.5. The summed E-state index contributed by atoms with van der Waals surface area (Å²) in [6, 6.07) is 4.52. The minimum absolute atomic E-state index is 0.0445. The molecule has 1 N–H and O–H groups in total. The lowest BCUT2D eigenvalue weighted by Gasteiger charge is -2.34. The van der Waals surface area contributed by atoms with E-state index in [0.717, 1.165) is 31.5 Å². The Balaban J connectivity index is 1.56. The van der Waals surface area contributed by atoms with Gasteiger partial charge in [-0.15, -0.1) is 0 Å². The molecule has 0 unspecified atom stereocenters. The van der Waals surface area contributed by atoms with Gasteiger partial charge in [0.1, 0.15) is 0 Å². The second kappa shape index (κ2) is 7.72. The minimum Gasteiger partial charge on any atom is -0.325 e.